The molecule has 206 valence electrons. The molecule has 0 aliphatic rings. The van der Waals surface area contributed by atoms with E-state index in [-0.39, 0.29) is 0 Å². The van der Waals surface area contributed by atoms with Gasteiger partial charge in [-0.05, 0) is 71.4 Å². The van der Waals surface area contributed by atoms with Crippen LogP contribution >= 0.6 is 22.7 Å². The molecular weight excluding hydrogens is 577 g/mol. The minimum absolute atomic E-state index is 0.883. The standard InChI is InChI=1S/C39H22N2OS2/c1-2-8-26-23(7-1)13-16-29-38-36(44-39(26)29)19-20-37(40-38)41(24-14-17-33-30(21-24)27-9-3-5-11-32(27)42-33)25-15-18-35-31(22-25)28-10-4-6-12-34(28)43-35/h1-22H. The van der Waals surface area contributed by atoms with E-state index in [1.807, 2.05) is 34.8 Å². The molecule has 4 heterocycles. The number of fused-ring (bicyclic) bond motifs is 11. The molecule has 3 nitrogen and oxygen atoms in total. The van der Waals surface area contributed by atoms with Crippen LogP contribution in [0.2, 0.25) is 0 Å². The maximum absolute atomic E-state index is 6.19. The van der Waals surface area contributed by atoms with Gasteiger partial charge in [-0.3, -0.25) is 4.90 Å². The van der Waals surface area contributed by atoms with Crippen LogP contribution < -0.4 is 4.90 Å². The molecule has 0 saturated carbocycles. The topological polar surface area (TPSA) is 29.3 Å². The average molecular weight is 599 g/mol. The van der Waals surface area contributed by atoms with Crippen molar-refractivity contribution in [2.45, 2.75) is 0 Å². The lowest BCUT2D eigenvalue weighted by Crippen LogP contribution is -2.11. The fraction of sp³-hybridized carbons (Fsp3) is 0. The van der Waals surface area contributed by atoms with E-state index in [4.69, 9.17) is 9.40 Å². The van der Waals surface area contributed by atoms with Crippen molar-refractivity contribution < 1.29 is 4.42 Å². The first-order chi connectivity index (χ1) is 21.8. The molecule has 4 aromatic heterocycles. The van der Waals surface area contributed by atoms with Crippen LogP contribution in [0.5, 0.6) is 0 Å². The predicted octanol–water partition coefficient (Wildman–Crippen LogP) is 12.3. The average Bonchev–Trinajstić information content (AvgIpc) is 3.76. The van der Waals surface area contributed by atoms with Crippen molar-refractivity contribution in [1.82, 2.24) is 4.98 Å². The molecule has 44 heavy (non-hydrogen) atoms. The molecule has 0 bridgehead atoms. The van der Waals surface area contributed by atoms with Crippen molar-refractivity contribution in [1.29, 1.82) is 0 Å². The molecule has 0 amide bonds. The zero-order valence-corrected chi connectivity index (χ0v) is 25.0. The van der Waals surface area contributed by atoms with Gasteiger partial charge in [-0.1, -0.05) is 72.8 Å². The van der Waals surface area contributed by atoms with Gasteiger partial charge < -0.3 is 4.42 Å². The van der Waals surface area contributed by atoms with Crippen LogP contribution in [0.25, 0.3) is 73.2 Å². The van der Waals surface area contributed by atoms with E-state index in [9.17, 15) is 0 Å². The minimum Gasteiger partial charge on any atom is -0.456 e. The molecule has 10 rings (SSSR count). The molecular formula is C39H22N2OS2. The van der Waals surface area contributed by atoms with Gasteiger partial charge in [0.05, 0.1) is 10.2 Å². The van der Waals surface area contributed by atoms with Gasteiger partial charge in [0.25, 0.3) is 0 Å². The summed E-state index contributed by atoms with van der Waals surface area (Å²) in [5.41, 5.74) is 4.93. The lowest BCUT2D eigenvalue weighted by Gasteiger charge is -2.24. The van der Waals surface area contributed by atoms with Crippen LogP contribution in [0.3, 0.4) is 0 Å². The second-order valence-corrected chi connectivity index (χ2v) is 13.3. The van der Waals surface area contributed by atoms with E-state index in [2.05, 4.69) is 126 Å². The van der Waals surface area contributed by atoms with E-state index < -0.39 is 0 Å². The van der Waals surface area contributed by atoms with Crippen molar-refractivity contribution in [3.8, 4) is 0 Å². The van der Waals surface area contributed by atoms with E-state index in [0.29, 0.717) is 0 Å². The molecule has 6 aromatic carbocycles. The highest BCUT2D eigenvalue weighted by Crippen LogP contribution is 2.44. The number of aromatic nitrogens is 1. The van der Waals surface area contributed by atoms with Crippen LogP contribution in [0.15, 0.2) is 138 Å². The Balaban J connectivity index is 1.24. The van der Waals surface area contributed by atoms with Gasteiger partial charge in [0, 0.05) is 52.4 Å². The molecule has 10 aromatic rings. The van der Waals surface area contributed by atoms with E-state index >= 15 is 0 Å². The van der Waals surface area contributed by atoms with Gasteiger partial charge in [-0.25, -0.2) is 4.98 Å². The third-order valence-corrected chi connectivity index (χ3v) is 11.0. The molecule has 0 fully saturated rings. The highest BCUT2D eigenvalue weighted by molar-refractivity contribution is 7.26. The number of para-hydroxylation sites is 1. The minimum atomic E-state index is 0.883. The maximum atomic E-state index is 6.19. The SMILES string of the molecule is c1ccc2c(c1)ccc1c3nc(N(c4ccc5oc6ccccc6c5c4)c4ccc5sc6ccccc6c5c4)ccc3sc21. The number of anilines is 3. The van der Waals surface area contributed by atoms with Gasteiger partial charge in [0.1, 0.15) is 17.0 Å². The molecule has 0 atom stereocenters. The Bertz CT molecular complexity index is 2640. The molecule has 0 radical (unpaired) electrons. The summed E-state index contributed by atoms with van der Waals surface area (Å²) in [6.45, 7) is 0. The largest absolute Gasteiger partial charge is 0.456 e. The van der Waals surface area contributed by atoms with Gasteiger partial charge in [-0.15, -0.1) is 22.7 Å². The number of pyridine rings is 1. The highest BCUT2D eigenvalue weighted by atomic mass is 32.1. The van der Waals surface area contributed by atoms with Crippen molar-refractivity contribution in [2.24, 2.45) is 0 Å². The number of rotatable bonds is 3. The molecule has 0 saturated heterocycles. The number of hydrogen-bond acceptors (Lipinski definition) is 5. The first-order valence-electron chi connectivity index (χ1n) is 14.6. The third kappa shape index (κ3) is 3.51. The summed E-state index contributed by atoms with van der Waals surface area (Å²) in [4.78, 5) is 7.69. The Kier molecular flexibility index (Phi) is 5.03. The smallest absolute Gasteiger partial charge is 0.138 e. The summed E-state index contributed by atoms with van der Waals surface area (Å²) in [6.07, 6.45) is 0. The van der Waals surface area contributed by atoms with Crippen molar-refractivity contribution >= 4 is 113 Å². The van der Waals surface area contributed by atoms with Crippen molar-refractivity contribution in [3.05, 3.63) is 133 Å². The van der Waals surface area contributed by atoms with Crippen LogP contribution in [-0.4, -0.2) is 4.98 Å². The van der Waals surface area contributed by atoms with Crippen LogP contribution in [0.1, 0.15) is 0 Å². The summed E-state index contributed by atoms with van der Waals surface area (Å²) < 4.78 is 11.3. The van der Waals surface area contributed by atoms with Gasteiger partial charge in [0.2, 0.25) is 0 Å². The summed E-state index contributed by atoms with van der Waals surface area (Å²) in [5.74, 6) is 0.886. The monoisotopic (exact) mass is 598 g/mol. The lowest BCUT2D eigenvalue weighted by molar-refractivity contribution is 0.669. The van der Waals surface area contributed by atoms with Crippen molar-refractivity contribution in [2.75, 3.05) is 4.90 Å². The van der Waals surface area contributed by atoms with E-state index in [1.54, 1.807) is 0 Å². The van der Waals surface area contributed by atoms with E-state index in [1.165, 1.54) is 45.7 Å². The van der Waals surface area contributed by atoms with Crippen LogP contribution in [0, 0.1) is 0 Å². The molecule has 0 aliphatic carbocycles. The Morgan fingerprint density at radius 2 is 1.18 bits per heavy atom. The Hall–Kier alpha value is -5.23. The van der Waals surface area contributed by atoms with Crippen LogP contribution in [-0.2, 0) is 0 Å². The number of furan rings is 1. The fourth-order valence-electron chi connectivity index (χ4n) is 6.61. The first-order valence-corrected chi connectivity index (χ1v) is 16.3. The maximum Gasteiger partial charge on any atom is 0.138 e. The third-order valence-electron chi connectivity index (χ3n) is 8.66. The Morgan fingerprint density at radius 1 is 0.477 bits per heavy atom. The quantitative estimate of drug-likeness (QED) is 0.203. The fourth-order valence-corrected chi connectivity index (χ4v) is 8.87. The van der Waals surface area contributed by atoms with Crippen LogP contribution in [0.4, 0.5) is 17.2 Å². The normalized spacial score (nSPS) is 12.1. The zero-order valence-electron chi connectivity index (χ0n) is 23.3. The Labute approximate surface area is 259 Å². The Morgan fingerprint density at radius 3 is 2.11 bits per heavy atom. The number of thiophene rings is 2. The summed E-state index contributed by atoms with van der Waals surface area (Å²) in [7, 11) is 0. The van der Waals surface area contributed by atoms with E-state index in [0.717, 1.165) is 44.6 Å². The molecule has 5 heteroatoms. The van der Waals surface area contributed by atoms with Crippen molar-refractivity contribution in [3.63, 3.8) is 0 Å². The van der Waals surface area contributed by atoms with Gasteiger partial charge in [-0.2, -0.15) is 0 Å². The first kappa shape index (κ1) is 24.2. The molecule has 0 unspecified atom stereocenters. The lowest BCUT2D eigenvalue weighted by atomic mass is 10.1. The molecule has 0 aliphatic heterocycles. The molecule has 0 N–H and O–H groups in total. The number of benzene rings is 6. The number of hydrogen-bond donors (Lipinski definition) is 0. The second kappa shape index (κ2) is 9.13. The highest BCUT2D eigenvalue weighted by Gasteiger charge is 2.20. The van der Waals surface area contributed by atoms with Gasteiger partial charge in [0.15, 0.2) is 0 Å². The molecule has 0 spiro atoms. The summed E-state index contributed by atoms with van der Waals surface area (Å²) in [6, 6.07) is 47.6. The number of nitrogens with zero attached hydrogens (tertiary/aromatic N) is 2. The summed E-state index contributed by atoms with van der Waals surface area (Å²) >= 11 is 3.66. The van der Waals surface area contributed by atoms with Gasteiger partial charge >= 0.3 is 0 Å². The predicted molar refractivity (Wildman–Crippen MR) is 189 cm³/mol. The zero-order chi connectivity index (χ0) is 28.8. The second-order valence-electron chi connectivity index (χ2n) is 11.2. The summed E-state index contributed by atoms with van der Waals surface area (Å²) in [5, 5.41) is 8.48.